The Balaban J connectivity index is 2.16. The second-order valence-corrected chi connectivity index (χ2v) is 4.22. The largest absolute Gasteiger partial charge is 0.623 e. The average Bonchev–Trinajstić information content (AvgIpc) is 2.88. The first-order valence-corrected chi connectivity index (χ1v) is 5.83. The van der Waals surface area contributed by atoms with E-state index in [-0.39, 0.29) is 5.78 Å². The Hall–Kier alpha value is -2.17. The van der Waals surface area contributed by atoms with Crippen LogP contribution in [-0.2, 0) is 0 Å². The number of hydroxylamine groups is 1. The van der Waals surface area contributed by atoms with Gasteiger partial charge in [0, 0.05) is 12.0 Å². The van der Waals surface area contributed by atoms with Gasteiger partial charge in [0.25, 0.3) is 0 Å². The van der Waals surface area contributed by atoms with E-state index in [0.29, 0.717) is 28.9 Å². The minimum absolute atomic E-state index is 0.338. The molecule has 0 amide bonds. The highest BCUT2D eigenvalue weighted by Gasteiger charge is 2.30. The number of oxime groups is 1. The van der Waals surface area contributed by atoms with E-state index in [1.165, 1.54) is 0 Å². The lowest BCUT2D eigenvalue weighted by molar-refractivity contribution is -0.474. The third-order valence-electron chi connectivity index (χ3n) is 3.03. The van der Waals surface area contributed by atoms with Crippen molar-refractivity contribution in [3.8, 4) is 0 Å². The summed E-state index contributed by atoms with van der Waals surface area (Å²) in [6, 6.07) is 8.09. The first kappa shape index (κ1) is 12.3. The molecule has 0 bridgehead atoms. The van der Waals surface area contributed by atoms with Crippen LogP contribution in [0.1, 0.15) is 29.6 Å². The zero-order chi connectivity index (χ0) is 13.0. The maximum Gasteiger partial charge on any atom is 0.249 e. The molecule has 0 unspecified atom stereocenters. The summed E-state index contributed by atoms with van der Waals surface area (Å²) in [7, 11) is 0. The maximum absolute atomic E-state index is 11.8. The van der Waals surface area contributed by atoms with E-state index in [2.05, 4.69) is 5.16 Å². The van der Waals surface area contributed by atoms with Gasteiger partial charge in [-0.15, -0.1) is 0 Å². The number of rotatable bonds is 3. The molecule has 0 radical (unpaired) electrons. The molecule has 18 heavy (non-hydrogen) atoms. The van der Waals surface area contributed by atoms with Crippen molar-refractivity contribution in [3.05, 3.63) is 41.1 Å². The third-order valence-corrected chi connectivity index (χ3v) is 3.03. The Morgan fingerprint density at radius 3 is 2.83 bits per heavy atom. The molecule has 94 valence electrons. The summed E-state index contributed by atoms with van der Waals surface area (Å²) >= 11 is 0. The van der Waals surface area contributed by atoms with Crippen LogP contribution in [-0.4, -0.2) is 33.7 Å². The molecule has 1 atom stereocenters. The molecular weight excluding hydrogens is 232 g/mol. The van der Waals surface area contributed by atoms with E-state index >= 15 is 0 Å². The van der Waals surface area contributed by atoms with Crippen molar-refractivity contribution in [1.29, 1.82) is 0 Å². The molecule has 0 saturated heterocycles. The molecule has 5 nitrogen and oxygen atoms in total. The number of ketones is 1. The van der Waals surface area contributed by atoms with Gasteiger partial charge in [0.1, 0.15) is 5.71 Å². The van der Waals surface area contributed by atoms with Gasteiger partial charge in [-0.2, -0.15) is 4.74 Å². The van der Waals surface area contributed by atoms with Gasteiger partial charge in [0.15, 0.2) is 0 Å². The highest BCUT2D eigenvalue weighted by Crippen LogP contribution is 2.18. The number of Topliss-reactive ketones (excluding diaryl/α,β-unsaturated/α-hetero) is 1. The highest BCUT2D eigenvalue weighted by atomic mass is 16.5. The molecular formula is C13H14N2O3. The lowest BCUT2D eigenvalue weighted by Crippen LogP contribution is -2.28. The van der Waals surface area contributed by atoms with Crippen molar-refractivity contribution in [3.63, 3.8) is 0 Å². The molecule has 0 aromatic heterocycles. The number of nitrogens with zero attached hydrogens (tertiary/aromatic N) is 2. The van der Waals surface area contributed by atoms with Crippen LogP contribution in [0.2, 0.25) is 0 Å². The minimum atomic E-state index is -0.511. The van der Waals surface area contributed by atoms with Gasteiger partial charge >= 0.3 is 0 Å². The molecule has 0 spiro atoms. The van der Waals surface area contributed by atoms with E-state index in [4.69, 9.17) is 5.21 Å². The summed E-state index contributed by atoms with van der Waals surface area (Å²) in [5, 5.41) is 23.7. The minimum Gasteiger partial charge on any atom is -0.623 e. The van der Waals surface area contributed by atoms with Gasteiger partial charge < -0.3 is 10.4 Å². The number of benzene rings is 1. The highest BCUT2D eigenvalue weighted by molar-refractivity contribution is 6.33. The van der Waals surface area contributed by atoms with Crippen molar-refractivity contribution >= 4 is 17.7 Å². The van der Waals surface area contributed by atoms with Crippen LogP contribution in [0.4, 0.5) is 0 Å². The molecule has 2 rings (SSSR count). The van der Waals surface area contributed by atoms with E-state index in [9.17, 15) is 10.0 Å². The topological polar surface area (TPSA) is 75.7 Å². The fourth-order valence-corrected chi connectivity index (χ4v) is 2.08. The van der Waals surface area contributed by atoms with Crippen molar-refractivity contribution in [2.45, 2.75) is 25.3 Å². The van der Waals surface area contributed by atoms with Gasteiger partial charge in [-0.1, -0.05) is 35.5 Å². The van der Waals surface area contributed by atoms with Crippen LogP contribution in [0.15, 0.2) is 35.5 Å². The maximum atomic E-state index is 11.8. The quantitative estimate of drug-likeness (QED) is 0.221. The van der Waals surface area contributed by atoms with E-state index in [1.54, 1.807) is 30.3 Å². The van der Waals surface area contributed by atoms with E-state index in [0.717, 1.165) is 12.6 Å². The van der Waals surface area contributed by atoms with Crippen LogP contribution in [0.25, 0.3) is 0 Å². The van der Waals surface area contributed by atoms with Crippen molar-refractivity contribution in [2.24, 2.45) is 5.16 Å². The summed E-state index contributed by atoms with van der Waals surface area (Å²) in [6.07, 6.45) is 3.04. The molecule has 0 heterocycles. The fourth-order valence-electron chi connectivity index (χ4n) is 2.08. The third kappa shape index (κ3) is 2.56. The second-order valence-electron chi connectivity index (χ2n) is 4.22. The van der Waals surface area contributed by atoms with Crippen LogP contribution in [0, 0.1) is 5.21 Å². The lowest BCUT2D eigenvalue weighted by atomic mass is 10.1. The van der Waals surface area contributed by atoms with Crippen molar-refractivity contribution in [2.75, 3.05) is 0 Å². The molecule has 1 aromatic carbocycles. The number of hydrogen-bond donors (Lipinski definition) is 1. The fraction of sp³-hybridized carbons (Fsp3) is 0.308. The number of carbonyl (C=O) groups excluding carboxylic acids is 1. The predicted molar refractivity (Wildman–Crippen MR) is 67.3 cm³/mol. The Morgan fingerprint density at radius 1 is 1.44 bits per heavy atom. The average molecular weight is 246 g/mol. The Morgan fingerprint density at radius 2 is 2.17 bits per heavy atom. The van der Waals surface area contributed by atoms with E-state index < -0.39 is 6.04 Å². The standard InChI is InChI=1S/C13H14N2O3/c16-13(10-5-2-1-3-6-10)9-15(18)12-8-4-7-11(12)14-17/h1-3,5-6,9,12,17H,4,7-8H2/b14-11-,15-9-/t12-/m0/s1. The second kappa shape index (κ2) is 5.44. The summed E-state index contributed by atoms with van der Waals surface area (Å²) in [5.41, 5.74) is 0.918. The monoisotopic (exact) mass is 246 g/mol. The summed E-state index contributed by atoms with van der Waals surface area (Å²) in [4.78, 5) is 11.8. The molecule has 1 aliphatic rings. The van der Waals surface area contributed by atoms with E-state index in [1.807, 2.05) is 0 Å². The first-order chi connectivity index (χ1) is 8.72. The van der Waals surface area contributed by atoms with Crippen LogP contribution < -0.4 is 0 Å². The normalized spacial score (nSPS) is 22.3. The molecule has 0 aliphatic heterocycles. The molecule has 1 fully saturated rings. The number of hydrogen-bond acceptors (Lipinski definition) is 4. The zero-order valence-corrected chi connectivity index (χ0v) is 9.82. The van der Waals surface area contributed by atoms with Gasteiger partial charge in [-0.3, -0.25) is 4.79 Å². The summed E-state index contributed by atoms with van der Waals surface area (Å²) < 4.78 is 0.595. The predicted octanol–water partition coefficient (Wildman–Crippen LogP) is 1.83. The molecule has 1 saturated carbocycles. The first-order valence-electron chi connectivity index (χ1n) is 5.83. The smallest absolute Gasteiger partial charge is 0.249 e. The zero-order valence-electron chi connectivity index (χ0n) is 9.82. The number of carbonyl (C=O) groups is 1. The SMILES string of the molecule is O=C(/C=[N+](\[O-])[C@H]1CCC/C1=N/O)c1ccccc1. The summed E-state index contributed by atoms with van der Waals surface area (Å²) in [6.45, 7) is 0. The van der Waals surface area contributed by atoms with Crippen LogP contribution in [0.3, 0.4) is 0 Å². The van der Waals surface area contributed by atoms with Crippen molar-refractivity contribution in [1.82, 2.24) is 0 Å². The lowest BCUT2D eigenvalue weighted by Gasteiger charge is -2.10. The summed E-state index contributed by atoms with van der Waals surface area (Å²) in [5.74, 6) is -0.338. The Bertz CT molecular complexity index is 494. The van der Waals surface area contributed by atoms with Gasteiger partial charge in [0.2, 0.25) is 18.0 Å². The molecule has 1 aromatic rings. The Labute approximate surface area is 105 Å². The molecule has 5 heteroatoms. The van der Waals surface area contributed by atoms with Crippen molar-refractivity contribution < 1.29 is 14.7 Å². The Kier molecular flexibility index (Phi) is 3.72. The van der Waals surface area contributed by atoms with Gasteiger partial charge in [-0.05, 0) is 12.8 Å². The molecule has 1 N–H and O–H groups in total. The molecule has 1 aliphatic carbocycles. The van der Waals surface area contributed by atoms with Gasteiger partial charge in [0.05, 0.1) is 0 Å². The van der Waals surface area contributed by atoms with Crippen LogP contribution in [0.5, 0.6) is 0 Å². The van der Waals surface area contributed by atoms with Gasteiger partial charge in [-0.25, -0.2) is 0 Å². The van der Waals surface area contributed by atoms with Crippen LogP contribution >= 0.6 is 0 Å².